The molecule has 0 N–H and O–H groups in total. The van der Waals surface area contributed by atoms with Gasteiger partial charge in [0.05, 0.1) is 4.90 Å². The maximum Gasteiger partial charge on any atom is 0.283 e. The summed E-state index contributed by atoms with van der Waals surface area (Å²) in [4.78, 5) is 12.3. The van der Waals surface area contributed by atoms with Gasteiger partial charge in [0, 0.05) is 19.7 Å². The van der Waals surface area contributed by atoms with Gasteiger partial charge in [0.2, 0.25) is 0 Å². The predicted octanol–water partition coefficient (Wildman–Crippen LogP) is 1.34. The fourth-order valence-electron chi connectivity index (χ4n) is 0.975. The Morgan fingerprint density at radius 3 is 2.24 bits per heavy atom. The topological polar surface area (TPSA) is 66.8 Å². The lowest BCUT2D eigenvalue weighted by Crippen LogP contribution is -2.10. The summed E-state index contributed by atoms with van der Waals surface area (Å²) in [6.07, 6.45) is 1.19. The van der Waals surface area contributed by atoms with E-state index in [9.17, 15) is 13.2 Å². The number of benzene rings is 1. The Bertz CT molecular complexity index is 535. The van der Waals surface area contributed by atoms with Crippen LogP contribution in [0.15, 0.2) is 33.6 Å². The molecule has 5 nitrogen and oxygen atoms in total. The molecule has 0 aliphatic rings. The first-order valence-corrected chi connectivity index (χ1v) is 6.41. The molecule has 92 valence electrons. The molecule has 17 heavy (non-hydrogen) atoms. The third-order valence-electron chi connectivity index (χ3n) is 1.80. The van der Waals surface area contributed by atoms with Crippen molar-refractivity contribution >= 4 is 33.2 Å². The highest BCUT2D eigenvalue weighted by atomic mass is 35.5. The summed E-state index contributed by atoms with van der Waals surface area (Å²) in [7, 11) is -0.402. The molecule has 1 aromatic rings. The summed E-state index contributed by atoms with van der Waals surface area (Å²) in [5.41, 5.74) is 0.238. The van der Waals surface area contributed by atoms with Gasteiger partial charge in [-0.15, -0.1) is 4.40 Å². The molecule has 0 aliphatic carbocycles. The lowest BCUT2D eigenvalue weighted by atomic mass is 10.2. The maximum absolute atomic E-state index is 11.7. The van der Waals surface area contributed by atoms with Crippen LogP contribution in [0.3, 0.4) is 0 Å². The highest BCUT2D eigenvalue weighted by molar-refractivity contribution is 7.90. The number of rotatable bonds is 4. The molecule has 0 heterocycles. The van der Waals surface area contributed by atoms with Gasteiger partial charge in [0.25, 0.3) is 15.3 Å². The van der Waals surface area contributed by atoms with E-state index in [4.69, 9.17) is 11.6 Å². The van der Waals surface area contributed by atoms with Gasteiger partial charge in [-0.1, -0.05) is 0 Å². The monoisotopic (exact) mass is 274 g/mol. The van der Waals surface area contributed by atoms with Gasteiger partial charge >= 0.3 is 0 Å². The van der Waals surface area contributed by atoms with Crippen LogP contribution in [0.25, 0.3) is 0 Å². The zero-order valence-electron chi connectivity index (χ0n) is 9.29. The average molecular weight is 275 g/mol. The normalized spacial score (nSPS) is 11.7. The standard InChI is InChI=1S/C10H11ClN2O3S/c1-13(2)7-12-17(15,16)9-5-3-8(4-6-9)10(11)14/h3-7H,1-2H3. The molecule has 1 aromatic carbocycles. The van der Waals surface area contributed by atoms with Crippen molar-refractivity contribution in [2.24, 2.45) is 4.40 Å². The van der Waals surface area contributed by atoms with Crippen molar-refractivity contribution in [2.45, 2.75) is 4.90 Å². The van der Waals surface area contributed by atoms with E-state index in [0.717, 1.165) is 0 Å². The van der Waals surface area contributed by atoms with Gasteiger partial charge in [-0.25, -0.2) is 0 Å². The summed E-state index contributed by atoms with van der Waals surface area (Å²) < 4.78 is 26.8. The minimum Gasteiger partial charge on any atom is -0.368 e. The van der Waals surface area contributed by atoms with Gasteiger partial charge in [-0.05, 0) is 35.9 Å². The zero-order chi connectivity index (χ0) is 13.1. The second kappa shape index (κ2) is 5.29. The first kappa shape index (κ1) is 13.7. The summed E-state index contributed by atoms with van der Waals surface area (Å²) in [5.74, 6) is 0. The number of hydrogen-bond acceptors (Lipinski definition) is 3. The Morgan fingerprint density at radius 2 is 1.82 bits per heavy atom. The summed E-state index contributed by atoms with van der Waals surface area (Å²) in [6, 6.07) is 5.26. The number of carbonyl (C=O) groups excluding carboxylic acids is 1. The fraction of sp³-hybridized carbons (Fsp3) is 0.200. The number of nitrogens with zero attached hydrogens (tertiary/aromatic N) is 2. The van der Waals surface area contributed by atoms with Crippen molar-refractivity contribution in [3.05, 3.63) is 29.8 Å². The fourth-order valence-corrected chi connectivity index (χ4v) is 2.02. The predicted molar refractivity (Wildman–Crippen MR) is 66.0 cm³/mol. The van der Waals surface area contributed by atoms with E-state index >= 15 is 0 Å². The van der Waals surface area contributed by atoms with Crippen molar-refractivity contribution in [1.29, 1.82) is 0 Å². The van der Waals surface area contributed by atoms with Crippen LogP contribution in [-0.4, -0.2) is 39.0 Å². The van der Waals surface area contributed by atoms with Gasteiger partial charge < -0.3 is 4.90 Å². The lowest BCUT2D eigenvalue weighted by Gasteiger charge is -2.03. The van der Waals surface area contributed by atoms with E-state index < -0.39 is 15.3 Å². The van der Waals surface area contributed by atoms with Crippen LogP contribution in [0, 0.1) is 0 Å². The second-order valence-electron chi connectivity index (χ2n) is 3.46. The molecule has 0 amide bonds. The molecule has 0 radical (unpaired) electrons. The minimum atomic E-state index is -3.72. The van der Waals surface area contributed by atoms with Crippen LogP contribution in [0.4, 0.5) is 0 Å². The largest absolute Gasteiger partial charge is 0.368 e. The number of halogens is 1. The average Bonchev–Trinajstić information content (AvgIpc) is 2.27. The molecule has 0 spiro atoms. The van der Waals surface area contributed by atoms with Gasteiger partial charge in [-0.3, -0.25) is 4.79 Å². The Kier molecular flexibility index (Phi) is 4.25. The summed E-state index contributed by atoms with van der Waals surface area (Å²) >= 11 is 5.25. The van der Waals surface area contributed by atoms with E-state index in [1.807, 2.05) is 0 Å². The Morgan fingerprint density at radius 1 is 1.29 bits per heavy atom. The first-order valence-electron chi connectivity index (χ1n) is 4.60. The molecule has 0 unspecified atom stereocenters. The highest BCUT2D eigenvalue weighted by Crippen LogP contribution is 2.14. The third kappa shape index (κ3) is 3.83. The summed E-state index contributed by atoms with van der Waals surface area (Å²) in [5, 5.41) is -0.634. The van der Waals surface area contributed by atoms with Crippen molar-refractivity contribution in [1.82, 2.24) is 4.90 Å². The van der Waals surface area contributed by atoms with Gasteiger partial charge in [0.15, 0.2) is 0 Å². The molecular formula is C10H11ClN2O3S. The molecule has 1 rings (SSSR count). The van der Waals surface area contributed by atoms with E-state index in [-0.39, 0.29) is 10.5 Å². The zero-order valence-corrected chi connectivity index (χ0v) is 10.9. The molecule has 0 atom stereocenters. The Balaban J connectivity index is 3.05. The molecule has 0 saturated carbocycles. The Labute approximate surface area is 105 Å². The van der Waals surface area contributed by atoms with Crippen LogP contribution < -0.4 is 0 Å². The molecule has 0 aliphatic heterocycles. The molecule has 0 bridgehead atoms. The van der Waals surface area contributed by atoms with E-state index in [1.54, 1.807) is 14.1 Å². The molecule has 7 heteroatoms. The van der Waals surface area contributed by atoms with E-state index in [0.29, 0.717) is 0 Å². The van der Waals surface area contributed by atoms with Crippen LogP contribution in [-0.2, 0) is 10.0 Å². The van der Waals surface area contributed by atoms with Gasteiger partial charge in [0.1, 0.15) is 6.34 Å². The maximum atomic E-state index is 11.7. The molecule has 0 fully saturated rings. The van der Waals surface area contributed by atoms with Crippen molar-refractivity contribution in [3.8, 4) is 0 Å². The van der Waals surface area contributed by atoms with E-state index in [1.165, 1.54) is 35.5 Å². The van der Waals surface area contributed by atoms with Gasteiger partial charge in [-0.2, -0.15) is 8.42 Å². The SMILES string of the molecule is CN(C)C=NS(=O)(=O)c1ccc(C(=O)Cl)cc1. The van der Waals surface area contributed by atoms with Crippen LogP contribution in [0.1, 0.15) is 10.4 Å². The number of hydrogen-bond donors (Lipinski definition) is 0. The first-order chi connectivity index (χ1) is 7.83. The lowest BCUT2D eigenvalue weighted by molar-refractivity contribution is 0.108. The molecular weight excluding hydrogens is 264 g/mol. The van der Waals surface area contributed by atoms with Crippen molar-refractivity contribution < 1.29 is 13.2 Å². The second-order valence-corrected chi connectivity index (χ2v) is 5.43. The van der Waals surface area contributed by atoms with Crippen LogP contribution in [0.2, 0.25) is 0 Å². The minimum absolute atomic E-state index is 0.0114. The summed E-state index contributed by atoms with van der Waals surface area (Å²) in [6.45, 7) is 0. The highest BCUT2D eigenvalue weighted by Gasteiger charge is 2.12. The smallest absolute Gasteiger partial charge is 0.283 e. The number of sulfonamides is 1. The number of carbonyl (C=O) groups is 1. The third-order valence-corrected chi connectivity index (χ3v) is 3.25. The van der Waals surface area contributed by atoms with Crippen molar-refractivity contribution in [3.63, 3.8) is 0 Å². The van der Waals surface area contributed by atoms with E-state index in [2.05, 4.69) is 4.40 Å². The molecule has 0 aromatic heterocycles. The van der Waals surface area contributed by atoms with Crippen LogP contribution in [0.5, 0.6) is 0 Å². The Hall–Kier alpha value is -1.40. The van der Waals surface area contributed by atoms with Crippen molar-refractivity contribution in [2.75, 3.05) is 14.1 Å². The molecule has 0 saturated heterocycles. The quantitative estimate of drug-likeness (QED) is 0.472. The van der Waals surface area contributed by atoms with Crippen LogP contribution >= 0.6 is 11.6 Å².